The Morgan fingerprint density at radius 2 is 2.10 bits per heavy atom. The zero-order valence-corrected chi connectivity index (χ0v) is 11.4. The lowest BCUT2D eigenvalue weighted by Gasteiger charge is -2.01. The molecule has 1 aromatic carbocycles. The molecule has 0 bridgehead atoms. The van der Waals surface area contributed by atoms with Gasteiger partial charge in [0.25, 0.3) is 0 Å². The summed E-state index contributed by atoms with van der Waals surface area (Å²) in [4.78, 5) is 16.4. The molecule has 2 heterocycles. The molecule has 0 spiro atoms. The van der Waals surface area contributed by atoms with E-state index in [0.29, 0.717) is 17.3 Å². The fraction of sp³-hybridized carbons (Fsp3) is 0.133. The van der Waals surface area contributed by atoms with Gasteiger partial charge in [0.05, 0.1) is 22.9 Å². The molecular formula is C15H15N5. The van der Waals surface area contributed by atoms with Crippen molar-refractivity contribution in [3.8, 4) is 11.5 Å². The van der Waals surface area contributed by atoms with E-state index < -0.39 is 0 Å². The Balaban J connectivity index is 2.16. The van der Waals surface area contributed by atoms with Crippen molar-refractivity contribution in [1.82, 2.24) is 19.9 Å². The van der Waals surface area contributed by atoms with Crippen LogP contribution in [0.15, 0.2) is 30.5 Å². The first-order valence-corrected chi connectivity index (χ1v) is 6.39. The van der Waals surface area contributed by atoms with E-state index in [1.807, 2.05) is 44.2 Å². The quantitative estimate of drug-likeness (QED) is 0.746. The van der Waals surface area contributed by atoms with Gasteiger partial charge in [0.15, 0.2) is 11.6 Å². The molecule has 2 aromatic heterocycles. The number of nitrogens with two attached hydrogens (primary N) is 1. The van der Waals surface area contributed by atoms with Crippen LogP contribution in [-0.4, -0.2) is 19.9 Å². The minimum absolute atomic E-state index is 0.369. The third-order valence-electron chi connectivity index (χ3n) is 3.02. The van der Waals surface area contributed by atoms with Gasteiger partial charge < -0.3 is 10.7 Å². The van der Waals surface area contributed by atoms with Crippen LogP contribution in [-0.2, 0) is 0 Å². The predicted molar refractivity (Wildman–Crippen MR) is 81.0 cm³/mol. The molecule has 0 saturated heterocycles. The van der Waals surface area contributed by atoms with Crippen LogP contribution in [0.3, 0.4) is 0 Å². The van der Waals surface area contributed by atoms with Crippen molar-refractivity contribution in [2.75, 3.05) is 5.73 Å². The van der Waals surface area contributed by atoms with E-state index in [4.69, 9.17) is 5.73 Å². The largest absolute Gasteiger partial charge is 0.382 e. The van der Waals surface area contributed by atoms with Crippen LogP contribution >= 0.6 is 0 Å². The van der Waals surface area contributed by atoms with E-state index in [0.717, 1.165) is 16.7 Å². The second-order valence-electron chi connectivity index (χ2n) is 4.63. The van der Waals surface area contributed by atoms with Crippen molar-refractivity contribution in [3.05, 3.63) is 41.7 Å². The highest BCUT2D eigenvalue weighted by molar-refractivity contribution is 5.81. The zero-order chi connectivity index (χ0) is 14.1. The highest BCUT2D eigenvalue weighted by atomic mass is 15.0. The van der Waals surface area contributed by atoms with Crippen molar-refractivity contribution in [1.29, 1.82) is 0 Å². The summed E-state index contributed by atoms with van der Waals surface area (Å²) in [6.45, 7) is 3.97. The van der Waals surface area contributed by atoms with Crippen LogP contribution in [0.2, 0.25) is 0 Å². The third-order valence-corrected chi connectivity index (χ3v) is 3.02. The van der Waals surface area contributed by atoms with E-state index in [-0.39, 0.29) is 0 Å². The van der Waals surface area contributed by atoms with Crippen LogP contribution in [0.5, 0.6) is 0 Å². The number of aromatic amines is 1. The smallest absolute Gasteiger partial charge is 0.161 e. The highest BCUT2D eigenvalue weighted by Gasteiger charge is 2.11. The van der Waals surface area contributed by atoms with Gasteiger partial charge in [-0.05, 0) is 37.6 Å². The fourth-order valence-corrected chi connectivity index (χ4v) is 2.07. The Bertz CT molecular complexity index is 801. The van der Waals surface area contributed by atoms with Crippen LogP contribution in [0, 0.1) is 6.92 Å². The van der Waals surface area contributed by atoms with Gasteiger partial charge in [-0.15, -0.1) is 0 Å². The molecule has 3 N–H and O–H groups in total. The Kier molecular flexibility index (Phi) is 2.95. The van der Waals surface area contributed by atoms with Crippen molar-refractivity contribution < 1.29 is 0 Å². The molecule has 0 fully saturated rings. The number of imidazole rings is 1. The molecule has 5 heteroatoms. The van der Waals surface area contributed by atoms with Crippen LogP contribution < -0.4 is 5.73 Å². The molecule has 20 heavy (non-hydrogen) atoms. The number of aryl methyl sites for hydroxylation is 1. The SMILES string of the molecule is CC=Cc1cnc(N)c(-c2nc3ccc(C)cc3[nH]2)n1. The lowest BCUT2D eigenvalue weighted by atomic mass is 10.2. The minimum atomic E-state index is 0.369. The number of H-pyrrole nitrogens is 1. The van der Waals surface area contributed by atoms with Gasteiger partial charge in [0.1, 0.15) is 5.69 Å². The molecule has 0 amide bonds. The monoisotopic (exact) mass is 265 g/mol. The van der Waals surface area contributed by atoms with Crippen LogP contribution in [0.1, 0.15) is 18.2 Å². The first kappa shape index (κ1) is 12.3. The number of allylic oxidation sites excluding steroid dienone is 1. The summed E-state index contributed by atoms with van der Waals surface area (Å²) in [5.41, 5.74) is 10.3. The predicted octanol–water partition coefficient (Wildman–Crippen LogP) is 2.94. The fourth-order valence-electron chi connectivity index (χ4n) is 2.07. The van der Waals surface area contributed by atoms with Gasteiger partial charge in [-0.25, -0.2) is 15.0 Å². The lowest BCUT2D eigenvalue weighted by molar-refractivity contribution is 1.16. The molecule has 3 aromatic rings. The van der Waals surface area contributed by atoms with Crippen molar-refractivity contribution in [2.24, 2.45) is 0 Å². The number of hydrogen-bond donors (Lipinski definition) is 2. The number of aromatic nitrogens is 4. The van der Waals surface area contributed by atoms with E-state index in [9.17, 15) is 0 Å². The van der Waals surface area contributed by atoms with Crippen LogP contribution in [0.4, 0.5) is 5.82 Å². The first-order chi connectivity index (χ1) is 9.67. The summed E-state index contributed by atoms with van der Waals surface area (Å²) in [5.74, 6) is 1.01. The standard InChI is InChI=1S/C15H15N5/c1-3-4-10-8-17-14(16)13(18-10)15-19-11-6-5-9(2)7-12(11)20-15/h3-8H,1-2H3,(H2,16,17)(H,19,20). The molecule has 0 aliphatic rings. The molecular weight excluding hydrogens is 250 g/mol. The topological polar surface area (TPSA) is 80.5 Å². The third kappa shape index (κ3) is 2.14. The van der Waals surface area contributed by atoms with Gasteiger partial charge in [-0.1, -0.05) is 12.1 Å². The summed E-state index contributed by atoms with van der Waals surface area (Å²) in [5, 5.41) is 0. The number of rotatable bonds is 2. The molecule has 0 atom stereocenters. The van der Waals surface area contributed by atoms with Gasteiger partial charge in [-0.2, -0.15) is 0 Å². The van der Waals surface area contributed by atoms with Gasteiger partial charge in [0.2, 0.25) is 0 Å². The second-order valence-corrected chi connectivity index (χ2v) is 4.63. The molecule has 3 rings (SSSR count). The molecule has 0 aliphatic carbocycles. The Labute approximate surface area is 116 Å². The molecule has 0 aliphatic heterocycles. The normalized spacial score (nSPS) is 11.5. The van der Waals surface area contributed by atoms with Crippen molar-refractivity contribution in [3.63, 3.8) is 0 Å². The summed E-state index contributed by atoms with van der Waals surface area (Å²) >= 11 is 0. The average Bonchev–Trinajstić information content (AvgIpc) is 2.84. The van der Waals surface area contributed by atoms with E-state index in [1.165, 1.54) is 5.56 Å². The van der Waals surface area contributed by atoms with Crippen LogP contribution in [0.25, 0.3) is 28.6 Å². The van der Waals surface area contributed by atoms with Gasteiger partial charge >= 0.3 is 0 Å². The number of benzene rings is 1. The number of fused-ring (bicyclic) bond motifs is 1. The first-order valence-electron chi connectivity index (χ1n) is 6.39. The van der Waals surface area contributed by atoms with Gasteiger partial charge in [-0.3, -0.25) is 0 Å². The summed E-state index contributed by atoms with van der Waals surface area (Å²) in [6.07, 6.45) is 5.43. The zero-order valence-electron chi connectivity index (χ0n) is 11.4. The number of nitrogen functional groups attached to an aromatic ring is 1. The van der Waals surface area contributed by atoms with E-state index in [1.54, 1.807) is 6.20 Å². The minimum Gasteiger partial charge on any atom is -0.382 e. The molecule has 5 nitrogen and oxygen atoms in total. The maximum Gasteiger partial charge on any atom is 0.161 e. The number of anilines is 1. The molecule has 0 unspecified atom stereocenters. The Morgan fingerprint density at radius 3 is 2.90 bits per heavy atom. The number of hydrogen-bond acceptors (Lipinski definition) is 4. The Hall–Kier alpha value is -2.69. The van der Waals surface area contributed by atoms with E-state index in [2.05, 4.69) is 19.9 Å². The summed E-state index contributed by atoms with van der Waals surface area (Å²) in [6, 6.07) is 6.05. The molecule has 0 radical (unpaired) electrons. The lowest BCUT2D eigenvalue weighted by Crippen LogP contribution is -1.99. The number of nitrogens with one attached hydrogen (secondary N) is 1. The highest BCUT2D eigenvalue weighted by Crippen LogP contribution is 2.23. The van der Waals surface area contributed by atoms with Gasteiger partial charge in [0, 0.05) is 0 Å². The maximum atomic E-state index is 5.91. The summed E-state index contributed by atoms with van der Waals surface area (Å²) in [7, 11) is 0. The van der Waals surface area contributed by atoms with Crippen molar-refractivity contribution in [2.45, 2.75) is 13.8 Å². The second kappa shape index (κ2) is 4.77. The molecule has 100 valence electrons. The maximum absolute atomic E-state index is 5.91. The average molecular weight is 265 g/mol. The molecule has 0 saturated carbocycles. The Morgan fingerprint density at radius 1 is 1.25 bits per heavy atom. The summed E-state index contributed by atoms with van der Waals surface area (Å²) < 4.78 is 0. The number of nitrogens with zero attached hydrogens (tertiary/aromatic N) is 3. The van der Waals surface area contributed by atoms with E-state index >= 15 is 0 Å². The van der Waals surface area contributed by atoms with Crippen molar-refractivity contribution >= 4 is 22.9 Å².